The second-order valence-corrected chi connectivity index (χ2v) is 5.44. The lowest BCUT2D eigenvalue weighted by molar-refractivity contribution is 0.188. The highest BCUT2D eigenvalue weighted by Gasteiger charge is 2.18. The van der Waals surface area contributed by atoms with Crippen molar-refractivity contribution in [2.24, 2.45) is 0 Å². The van der Waals surface area contributed by atoms with Crippen molar-refractivity contribution >= 4 is 23.2 Å². The number of rotatable bonds is 3. The van der Waals surface area contributed by atoms with E-state index in [-0.39, 0.29) is 0 Å². The Morgan fingerprint density at radius 3 is 2.94 bits per heavy atom. The van der Waals surface area contributed by atoms with Crippen LogP contribution in [0.5, 0.6) is 0 Å². The average Bonchev–Trinajstić information content (AvgIpc) is 2.33. The molecule has 1 aliphatic rings. The molecule has 0 aromatic heterocycles. The Balaban J connectivity index is 2.00. The Morgan fingerprint density at radius 2 is 2.24 bits per heavy atom. The minimum atomic E-state index is 0.606. The molecule has 17 heavy (non-hydrogen) atoms. The van der Waals surface area contributed by atoms with Gasteiger partial charge >= 0.3 is 0 Å². The fourth-order valence-electron chi connectivity index (χ4n) is 2.33. The third kappa shape index (κ3) is 3.59. The first-order chi connectivity index (χ1) is 8.19. The van der Waals surface area contributed by atoms with E-state index in [9.17, 15) is 0 Å². The molecule has 1 aromatic carbocycles. The first-order valence-electron chi connectivity index (χ1n) is 6.02. The number of likely N-dealkylation sites (tertiary alicyclic amines) is 1. The molecule has 1 fully saturated rings. The van der Waals surface area contributed by atoms with Crippen LogP contribution in [0.15, 0.2) is 18.2 Å². The van der Waals surface area contributed by atoms with Gasteiger partial charge in [0, 0.05) is 29.2 Å². The fraction of sp³-hybridized carbons (Fsp3) is 0.538. The summed E-state index contributed by atoms with van der Waals surface area (Å²) in [7, 11) is 2.03. The summed E-state index contributed by atoms with van der Waals surface area (Å²) in [6.45, 7) is 3.15. The van der Waals surface area contributed by atoms with Crippen LogP contribution in [-0.4, -0.2) is 31.1 Å². The molecule has 1 heterocycles. The van der Waals surface area contributed by atoms with Gasteiger partial charge in [0.1, 0.15) is 0 Å². The molecule has 94 valence electrons. The second kappa shape index (κ2) is 6.05. The molecule has 1 N–H and O–H groups in total. The SMILES string of the molecule is CN[C@H]1CCCN(Cc2ccc(Cl)cc2Cl)C1. The van der Waals surface area contributed by atoms with Crippen LogP contribution in [-0.2, 0) is 6.54 Å². The van der Waals surface area contributed by atoms with Crippen molar-refractivity contribution < 1.29 is 0 Å². The Bertz CT molecular complexity index is 382. The van der Waals surface area contributed by atoms with Crippen molar-refractivity contribution in [3.8, 4) is 0 Å². The number of nitrogens with one attached hydrogen (secondary N) is 1. The van der Waals surface area contributed by atoms with Crippen LogP contribution in [0.2, 0.25) is 10.0 Å². The fourth-order valence-corrected chi connectivity index (χ4v) is 2.79. The number of nitrogens with zero attached hydrogens (tertiary/aromatic N) is 1. The first kappa shape index (κ1) is 13.2. The largest absolute Gasteiger partial charge is 0.316 e. The summed E-state index contributed by atoms with van der Waals surface area (Å²) in [6, 6.07) is 6.35. The molecule has 0 bridgehead atoms. The third-order valence-electron chi connectivity index (χ3n) is 3.32. The lowest BCUT2D eigenvalue weighted by atomic mass is 10.1. The minimum Gasteiger partial charge on any atom is -0.316 e. The molecule has 2 rings (SSSR count). The van der Waals surface area contributed by atoms with Crippen LogP contribution >= 0.6 is 23.2 Å². The number of hydrogen-bond acceptors (Lipinski definition) is 2. The van der Waals surface area contributed by atoms with Gasteiger partial charge in [-0.15, -0.1) is 0 Å². The van der Waals surface area contributed by atoms with E-state index in [0.29, 0.717) is 11.1 Å². The van der Waals surface area contributed by atoms with Crippen molar-refractivity contribution in [3.05, 3.63) is 33.8 Å². The predicted octanol–water partition coefficient (Wildman–Crippen LogP) is 3.18. The van der Waals surface area contributed by atoms with E-state index in [2.05, 4.69) is 10.2 Å². The predicted molar refractivity (Wildman–Crippen MR) is 73.8 cm³/mol. The van der Waals surface area contributed by atoms with Gasteiger partial charge in [0.25, 0.3) is 0 Å². The van der Waals surface area contributed by atoms with Crippen LogP contribution in [0, 0.1) is 0 Å². The minimum absolute atomic E-state index is 0.606. The van der Waals surface area contributed by atoms with E-state index >= 15 is 0 Å². The van der Waals surface area contributed by atoms with Gasteiger partial charge in [0.15, 0.2) is 0 Å². The van der Waals surface area contributed by atoms with E-state index < -0.39 is 0 Å². The summed E-state index contributed by atoms with van der Waals surface area (Å²) in [6.07, 6.45) is 2.51. The topological polar surface area (TPSA) is 15.3 Å². The second-order valence-electron chi connectivity index (χ2n) is 4.60. The molecule has 2 nitrogen and oxygen atoms in total. The third-order valence-corrected chi connectivity index (χ3v) is 3.91. The van der Waals surface area contributed by atoms with Crippen LogP contribution < -0.4 is 5.32 Å². The Morgan fingerprint density at radius 1 is 1.41 bits per heavy atom. The van der Waals surface area contributed by atoms with E-state index in [0.717, 1.165) is 30.2 Å². The molecule has 4 heteroatoms. The molecule has 1 atom stereocenters. The Hall–Kier alpha value is -0.280. The number of likely N-dealkylation sites (N-methyl/N-ethyl adjacent to an activating group) is 1. The van der Waals surface area contributed by atoms with Gasteiger partial charge in [-0.05, 0) is 44.1 Å². The van der Waals surface area contributed by atoms with Gasteiger partial charge in [-0.1, -0.05) is 29.3 Å². The first-order valence-corrected chi connectivity index (χ1v) is 6.78. The van der Waals surface area contributed by atoms with Crippen LogP contribution in [0.3, 0.4) is 0 Å². The highest BCUT2D eigenvalue weighted by Crippen LogP contribution is 2.23. The van der Waals surface area contributed by atoms with E-state index in [1.807, 2.05) is 25.2 Å². The lowest BCUT2D eigenvalue weighted by Gasteiger charge is -2.32. The number of benzene rings is 1. The molecule has 1 aromatic rings. The van der Waals surface area contributed by atoms with Crippen molar-refractivity contribution in [1.29, 1.82) is 0 Å². The van der Waals surface area contributed by atoms with E-state index in [1.54, 1.807) is 0 Å². The molecule has 0 unspecified atom stereocenters. The quantitative estimate of drug-likeness (QED) is 0.910. The number of piperidine rings is 1. The molecule has 1 aliphatic heterocycles. The van der Waals surface area contributed by atoms with Gasteiger partial charge in [-0.2, -0.15) is 0 Å². The van der Waals surface area contributed by atoms with Crippen LogP contribution in [0.1, 0.15) is 18.4 Å². The maximum Gasteiger partial charge on any atom is 0.0465 e. The van der Waals surface area contributed by atoms with E-state index in [4.69, 9.17) is 23.2 Å². The summed E-state index contributed by atoms with van der Waals surface area (Å²) in [5.74, 6) is 0. The van der Waals surface area contributed by atoms with Crippen molar-refractivity contribution in [2.45, 2.75) is 25.4 Å². The van der Waals surface area contributed by atoms with Crippen molar-refractivity contribution in [3.63, 3.8) is 0 Å². The summed E-state index contributed by atoms with van der Waals surface area (Å²) in [5.41, 5.74) is 1.16. The standard InChI is InChI=1S/C13H18Cl2N2/c1-16-12-3-2-6-17(9-12)8-10-4-5-11(14)7-13(10)15/h4-5,7,12,16H,2-3,6,8-9H2,1H3/t12-/m0/s1. The summed E-state index contributed by atoms with van der Waals surface area (Å²) in [5, 5.41) is 4.81. The zero-order valence-electron chi connectivity index (χ0n) is 10.0. The summed E-state index contributed by atoms with van der Waals surface area (Å²) in [4.78, 5) is 2.44. The molecule has 1 saturated heterocycles. The maximum atomic E-state index is 6.19. The maximum absolute atomic E-state index is 6.19. The highest BCUT2D eigenvalue weighted by molar-refractivity contribution is 6.35. The molecule has 0 saturated carbocycles. The smallest absolute Gasteiger partial charge is 0.0465 e. The normalized spacial score (nSPS) is 21.7. The number of hydrogen-bond donors (Lipinski definition) is 1. The molecular formula is C13H18Cl2N2. The molecule has 0 amide bonds. The average molecular weight is 273 g/mol. The summed E-state index contributed by atoms with van der Waals surface area (Å²) >= 11 is 12.1. The van der Waals surface area contributed by atoms with Gasteiger partial charge < -0.3 is 5.32 Å². The monoisotopic (exact) mass is 272 g/mol. The lowest BCUT2D eigenvalue weighted by Crippen LogP contribution is -2.43. The van der Waals surface area contributed by atoms with Gasteiger partial charge in [0.05, 0.1) is 0 Å². The molecular weight excluding hydrogens is 255 g/mol. The van der Waals surface area contributed by atoms with Gasteiger partial charge in [-0.25, -0.2) is 0 Å². The van der Waals surface area contributed by atoms with Gasteiger partial charge in [0.2, 0.25) is 0 Å². The van der Waals surface area contributed by atoms with Crippen molar-refractivity contribution in [1.82, 2.24) is 10.2 Å². The Labute approximate surface area is 113 Å². The zero-order chi connectivity index (χ0) is 12.3. The molecule has 0 aliphatic carbocycles. The summed E-state index contributed by atoms with van der Waals surface area (Å²) < 4.78 is 0. The number of halogens is 2. The van der Waals surface area contributed by atoms with Crippen LogP contribution in [0.25, 0.3) is 0 Å². The highest BCUT2D eigenvalue weighted by atomic mass is 35.5. The van der Waals surface area contributed by atoms with E-state index in [1.165, 1.54) is 12.8 Å². The molecule has 0 spiro atoms. The van der Waals surface area contributed by atoms with Crippen LogP contribution in [0.4, 0.5) is 0 Å². The zero-order valence-corrected chi connectivity index (χ0v) is 11.6. The van der Waals surface area contributed by atoms with Gasteiger partial charge in [-0.3, -0.25) is 4.90 Å². The Kier molecular flexibility index (Phi) is 4.69. The van der Waals surface area contributed by atoms with Crippen molar-refractivity contribution in [2.75, 3.05) is 20.1 Å². The molecule has 0 radical (unpaired) electrons.